The van der Waals surface area contributed by atoms with Crippen LogP contribution in [0.4, 0.5) is 0 Å². The molecule has 3 aromatic rings. The Hall–Kier alpha value is -3.28. The van der Waals surface area contributed by atoms with Crippen molar-refractivity contribution in [1.29, 1.82) is 0 Å². The maximum Gasteiger partial charge on any atom is 0.251 e. The number of ether oxygens (including phenoxy) is 1. The van der Waals surface area contributed by atoms with Crippen LogP contribution >= 0.6 is 0 Å². The van der Waals surface area contributed by atoms with Crippen LogP contribution in [0.25, 0.3) is 10.9 Å². The minimum Gasteiger partial charge on any atom is -0.491 e. The average molecular weight is 420 g/mol. The van der Waals surface area contributed by atoms with Crippen LogP contribution < -0.4 is 10.1 Å². The molecular formula is C25H29N3O3. The smallest absolute Gasteiger partial charge is 0.251 e. The van der Waals surface area contributed by atoms with Gasteiger partial charge in [0.25, 0.3) is 5.91 Å². The second kappa shape index (κ2) is 9.25. The molecule has 2 N–H and O–H groups in total. The van der Waals surface area contributed by atoms with E-state index in [1.807, 2.05) is 61.3 Å². The van der Waals surface area contributed by atoms with Crippen molar-refractivity contribution in [3.05, 3.63) is 65.9 Å². The highest BCUT2D eigenvalue weighted by Gasteiger charge is 2.29. The van der Waals surface area contributed by atoms with Crippen molar-refractivity contribution < 1.29 is 14.3 Å². The molecule has 0 aliphatic carbocycles. The number of hydrogen-bond donors (Lipinski definition) is 2. The third-order valence-electron chi connectivity index (χ3n) is 5.69. The zero-order chi connectivity index (χ0) is 21.8. The van der Waals surface area contributed by atoms with Crippen molar-refractivity contribution in [2.24, 2.45) is 0 Å². The van der Waals surface area contributed by atoms with Crippen LogP contribution in [0.2, 0.25) is 0 Å². The van der Waals surface area contributed by atoms with Crippen molar-refractivity contribution in [2.75, 3.05) is 13.2 Å². The lowest BCUT2D eigenvalue weighted by molar-refractivity contribution is -0.131. The number of rotatable bonds is 7. The number of likely N-dealkylation sites (tertiary alicyclic amines) is 1. The van der Waals surface area contributed by atoms with Crippen LogP contribution in [-0.2, 0) is 11.2 Å². The third kappa shape index (κ3) is 4.90. The number of aromatic amines is 1. The first-order valence-electron chi connectivity index (χ1n) is 10.9. The summed E-state index contributed by atoms with van der Waals surface area (Å²) in [5.41, 5.74) is 2.69. The molecule has 0 bridgehead atoms. The summed E-state index contributed by atoms with van der Waals surface area (Å²) in [6.45, 7) is 5.09. The molecule has 4 rings (SSSR count). The Balaban J connectivity index is 1.34. The molecule has 1 fully saturated rings. The summed E-state index contributed by atoms with van der Waals surface area (Å²) in [6, 6.07) is 15.4. The van der Waals surface area contributed by atoms with Crippen molar-refractivity contribution in [3.63, 3.8) is 0 Å². The Morgan fingerprint density at radius 2 is 1.94 bits per heavy atom. The highest BCUT2D eigenvalue weighted by molar-refractivity contribution is 5.94. The molecule has 2 heterocycles. The monoisotopic (exact) mass is 419 g/mol. The average Bonchev–Trinajstić information content (AvgIpc) is 3.39. The Kier molecular flexibility index (Phi) is 6.26. The van der Waals surface area contributed by atoms with E-state index in [2.05, 4.69) is 10.3 Å². The van der Waals surface area contributed by atoms with Gasteiger partial charge in [-0.15, -0.1) is 0 Å². The van der Waals surface area contributed by atoms with Crippen LogP contribution in [-0.4, -0.2) is 46.9 Å². The van der Waals surface area contributed by atoms with Crippen molar-refractivity contribution >= 4 is 22.7 Å². The Morgan fingerprint density at radius 1 is 1.16 bits per heavy atom. The fourth-order valence-corrected chi connectivity index (χ4v) is 4.12. The number of nitrogens with zero attached hydrogens (tertiary/aromatic N) is 1. The molecule has 6 heteroatoms. The summed E-state index contributed by atoms with van der Waals surface area (Å²) in [4.78, 5) is 30.3. The van der Waals surface area contributed by atoms with Gasteiger partial charge in [0.05, 0.1) is 12.5 Å². The number of H-pyrrole nitrogens is 1. The first kappa shape index (κ1) is 21.0. The number of aromatic nitrogens is 1. The van der Waals surface area contributed by atoms with E-state index in [-0.39, 0.29) is 23.9 Å². The maximum absolute atomic E-state index is 13.0. The fourth-order valence-electron chi connectivity index (χ4n) is 4.12. The van der Waals surface area contributed by atoms with Crippen LogP contribution in [0.3, 0.4) is 0 Å². The molecule has 1 atom stereocenters. The predicted octanol–water partition coefficient (Wildman–Crippen LogP) is 3.92. The van der Waals surface area contributed by atoms with Crippen LogP contribution in [0.5, 0.6) is 5.75 Å². The van der Waals surface area contributed by atoms with E-state index in [4.69, 9.17) is 4.74 Å². The molecule has 1 aliphatic rings. The van der Waals surface area contributed by atoms with Crippen LogP contribution in [0.1, 0.15) is 42.6 Å². The number of fused-ring (bicyclic) bond motifs is 1. The molecule has 0 radical (unpaired) electrons. The zero-order valence-electron chi connectivity index (χ0n) is 18.1. The molecule has 31 heavy (non-hydrogen) atoms. The summed E-state index contributed by atoms with van der Waals surface area (Å²) >= 11 is 0. The van der Waals surface area contributed by atoms with Gasteiger partial charge >= 0.3 is 0 Å². The molecular weight excluding hydrogens is 390 g/mol. The fraction of sp³-hybridized carbons (Fsp3) is 0.360. The second-order valence-electron chi connectivity index (χ2n) is 8.38. The largest absolute Gasteiger partial charge is 0.491 e. The Morgan fingerprint density at radius 3 is 2.71 bits per heavy atom. The first-order chi connectivity index (χ1) is 15.0. The van der Waals surface area contributed by atoms with Crippen molar-refractivity contribution in [2.45, 2.75) is 45.2 Å². The van der Waals surface area contributed by atoms with Crippen LogP contribution in [0, 0.1) is 0 Å². The van der Waals surface area contributed by atoms with Gasteiger partial charge in [-0.1, -0.05) is 18.2 Å². The van der Waals surface area contributed by atoms with E-state index < -0.39 is 0 Å². The molecule has 1 aliphatic heterocycles. The lowest BCUT2D eigenvalue weighted by Gasteiger charge is -2.25. The highest BCUT2D eigenvalue weighted by Crippen LogP contribution is 2.23. The first-order valence-corrected chi connectivity index (χ1v) is 10.9. The van der Waals surface area contributed by atoms with E-state index in [0.717, 1.165) is 35.9 Å². The minimum atomic E-state index is -0.0913. The van der Waals surface area contributed by atoms with Gasteiger partial charge in [-0.25, -0.2) is 0 Å². The molecule has 2 amide bonds. The molecule has 0 saturated carbocycles. The van der Waals surface area contributed by atoms with Gasteiger partial charge < -0.3 is 19.9 Å². The topological polar surface area (TPSA) is 74.4 Å². The molecule has 1 saturated heterocycles. The number of carbonyl (C=O) groups is 2. The number of para-hydroxylation sites is 1. The van der Waals surface area contributed by atoms with Crippen molar-refractivity contribution in [3.8, 4) is 5.75 Å². The lowest BCUT2D eigenvalue weighted by atomic mass is 10.1. The van der Waals surface area contributed by atoms with Gasteiger partial charge in [0.1, 0.15) is 12.4 Å². The van der Waals surface area contributed by atoms with Crippen LogP contribution in [0.15, 0.2) is 54.7 Å². The molecule has 2 aromatic carbocycles. The normalized spacial score (nSPS) is 16.1. The molecule has 0 spiro atoms. The Labute approximate surface area is 182 Å². The minimum absolute atomic E-state index is 0.0709. The summed E-state index contributed by atoms with van der Waals surface area (Å²) in [7, 11) is 0. The quantitative estimate of drug-likeness (QED) is 0.610. The summed E-state index contributed by atoms with van der Waals surface area (Å²) in [6.07, 6.45) is 4.25. The van der Waals surface area contributed by atoms with Gasteiger partial charge in [-0.3, -0.25) is 9.59 Å². The molecule has 1 unspecified atom stereocenters. The number of benzene rings is 2. The molecule has 1 aromatic heterocycles. The van der Waals surface area contributed by atoms with E-state index in [1.165, 1.54) is 0 Å². The van der Waals surface area contributed by atoms with Crippen molar-refractivity contribution in [1.82, 2.24) is 15.2 Å². The highest BCUT2D eigenvalue weighted by atomic mass is 16.5. The number of carbonyl (C=O) groups excluding carboxylic acids is 2. The second-order valence-corrected chi connectivity index (χ2v) is 8.38. The SMILES string of the molecule is CC(C)NC(=O)c1ccc(OCC2CCCN2C(=O)Cc2c[nH]c3ccccc23)cc1. The van der Waals surface area contributed by atoms with E-state index >= 15 is 0 Å². The van der Waals surface area contributed by atoms with E-state index in [9.17, 15) is 9.59 Å². The molecule has 6 nitrogen and oxygen atoms in total. The lowest BCUT2D eigenvalue weighted by Crippen LogP contribution is -2.39. The summed E-state index contributed by atoms with van der Waals surface area (Å²) < 4.78 is 5.96. The van der Waals surface area contributed by atoms with Gasteiger partial charge in [0, 0.05) is 35.2 Å². The van der Waals surface area contributed by atoms with Gasteiger partial charge in [0.15, 0.2) is 0 Å². The molecule has 162 valence electrons. The van der Waals surface area contributed by atoms with Gasteiger partial charge in [-0.2, -0.15) is 0 Å². The summed E-state index contributed by atoms with van der Waals surface area (Å²) in [5.74, 6) is 0.750. The number of amides is 2. The summed E-state index contributed by atoms with van der Waals surface area (Å²) in [5, 5.41) is 3.98. The number of nitrogens with one attached hydrogen (secondary N) is 2. The zero-order valence-corrected chi connectivity index (χ0v) is 18.1. The van der Waals surface area contributed by atoms with E-state index in [0.29, 0.717) is 24.3 Å². The van der Waals surface area contributed by atoms with Gasteiger partial charge in [-0.05, 0) is 62.6 Å². The standard InChI is InChI=1S/C25H29N3O3/c1-17(2)27-25(30)18-9-11-21(12-10-18)31-16-20-6-5-13-28(20)24(29)14-19-15-26-23-8-4-3-7-22(19)23/h3-4,7-12,15,17,20,26H,5-6,13-14,16H2,1-2H3,(H,27,30). The Bertz CT molecular complexity index is 1060. The predicted molar refractivity (Wildman–Crippen MR) is 121 cm³/mol. The number of hydrogen-bond acceptors (Lipinski definition) is 3. The van der Waals surface area contributed by atoms with Gasteiger partial charge in [0.2, 0.25) is 5.91 Å². The third-order valence-corrected chi connectivity index (χ3v) is 5.69. The maximum atomic E-state index is 13.0. The van der Waals surface area contributed by atoms with E-state index in [1.54, 1.807) is 12.1 Å².